The van der Waals surface area contributed by atoms with Gasteiger partial charge >= 0.3 is 0 Å². The number of rotatable bonds is 9. The summed E-state index contributed by atoms with van der Waals surface area (Å²) in [7, 11) is 0. The molecule has 29 heavy (non-hydrogen) atoms. The van der Waals surface area contributed by atoms with Crippen molar-refractivity contribution in [1.29, 1.82) is 0 Å². The first-order valence-corrected chi connectivity index (χ1v) is 11.4. The Labute approximate surface area is 176 Å². The number of nitrogens with zero attached hydrogens (tertiary/aromatic N) is 1. The molecule has 1 heterocycles. The minimum atomic E-state index is 0.110. The topological polar surface area (TPSA) is 32.3 Å². The van der Waals surface area contributed by atoms with Gasteiger partial charge in [-0.3, -0.25) is 4.79 Å². The molecule has 1 amide bonds. The van der Waals surface area contributed by atoms with Gasteiger partial charge in [-0.15, -0.1) is 0 Å². The Morgan fingerprint density at radius 3 is 1.93 bits per heavy atom. The second-order valence-electron chi connectivity index (χ2n) is 8.24. The normalized spacial score (nSPS) is 15.6. The lowest BCUT2D eigenvalue weighted by molar-refractivity contribution is -0.121. The van der Waals surface area contributed by atoms with Crippen molar-refractivity contribution >= 4 is 5.91 Å². The van der Waals surface area contributed by atoms with Crippen LogP contribution in [-0.2, 0) is 4.79 Å². The van der Waals surface area contributed by atoms with Gasteiger partial charge in [-0.1, -0.05) is 79.9 Å². The van der Waals surface area contributed by atoms with Crippen LogP contribution in [0, 0.1) is 0 Å². The van der Waals surface area contributed by atoms with Gasteiger partial charge in [-0.2, -0.15) is 0 Å². The summed E-state index contributed by atoms with van der Waals surface area (Å²) in [5.74, 6) is 0.257. The van der Waals surface area contributed by atoms with Gasteiger partial charge in [0.2, 0.25) is 5.91 Å². The molecule has 0 atom stereocenters. The minimum Gasteiger partial charge on any atom is -0.356 e. The summed E-state index contributed by atoms with van der Waals surface area (Å²) >= 11 is 0. The zero-order valence-corrected chi connectivity index (χ0v) is 17.7. The van der Waals surface area contributed by atoms with Crippen molar-refractivity contribution in [3.8, 4) is 0 Å². The average Bonchev–Trinajstić information content (AvgIpc) is 2.74. The van der Waals surface area contributed by atoms with E-state index in [1.807, 2.05) is 36.4 Å². The maximum Gasteiger partial charge on any atom is 0.220 e. The van der Waals surface area contributed by atoms with E-state index in [4.69, 9.17) is 0 Å². The van der Waals surface area contributed by atoms with Gasteiger partial charge in [0.1, 0.15) is 0 Å². The average molecular weight is 393 g/mol. The molecule has 1 N–H and O–H groups in total. The highest BCUT2D eigenvalue weighted by Gasteiger charge is 2.17. The SMILES string of the molecule is O=C(CC(c1ccccc1)c1ccccc1)NCCCCN1CCCCCCC1. The summed E-state index contributed by atoms with van der Waals surface area (Å²) in [4.78, 5) is 15.2. The van der Waals surface area contributed by atoms with Crippen LogP contribution >= 0.6 is 0 Å². The van der Waals surface area contributed by atoms with Gasteiger partial charge in [0, 0.05) is 18.9 Å². The lowest BCUT2D eigenvalue weighted by Gasteiger charge is -2.24. The molecule has 0 spiro atoms. The van der Waals surface area contributed by atoms with Gasteiger partial charge < -0.3 is 10.2 Å². The fraction of sp³-hybridized carbons (Fsp3) is 0.500. The van der Waals surface area contributed by atoms with Crippen molar-refractivity contribution in [2.75, 3.05) is 26.2 Å². The molecule has 0 aromatic heterocycles. The molecule has 2 aromatic rings. The molecule has 0 bridgehead atoms. The standard InChI is InChI=1S/C26H36N2O/c29-26(27-18-10-13-21-28-19-11-2-1-3-12-20-28)22-25(23-14-6-4-7-15-23)24-16-8-5-9-17-24/h4-9,14-17,25H,1-3,10-13,18-22H2,(H,27,29). The second-order valence-corrected chi connectivity index (χ2v) is 8.24. The van der Waals surface area contributed by atoms with Crippen LogP contribution in [0.4, 0.5) is 0 Å². The molecule has 0 unspecified atom stereocenters. The Hall–Kier alpha value is -2.13. The summed E-state index contributed by atoms with van der Waals surface area (Å²) < 4.78 is 0. The molecule has 156 valence electrons. The molecule has 1 fully saturated rings. The molecule has 0 radical (unpaired) electrons. The Balaban J connectivity index is 1.42. The van der Waals surface area contributed by atoms with Gasteiger partial charge in [0.05, 0.1) is 0 Å². The van der Waals surface area contributed by atoms with E-state index in [0.717, 1.165) is 13.0 Å². The molecule has 1 aliphatic heterocycles. The molecule has 1 saturated heterocycles. The molecule has 0 aliphatic carbocycles. The Kier molecular flexibility index (Phi) is 9.25. The van der Waals surface area contributed by atoms with E-state index in [1.165, 1.54) is 69.3 Å². The monoisotopic (exact) mass is 392 g/mol. The first-order chi connectivity index (χ1) is 14.3. The lowest BCUT2D eigenvalue weighted by Crippen LogP contribution is -2.30. The largest absolute Gasteiger partial charge is 0.356 e. The van der Waals surface area contributed by atoms with Crippen molar-refractivity contribution in [3.63, 3.8) is 0 Å². The predicted molar refractivity (Wildman–Crippen MR) is 121 cm³/mol. The van der Waals surface area contributed by atoms with Crippen molar-refractivity contribution in [2.24, 2.45) is 0 Å². The third-order valence-corrected chi connectivity index (χ3v) is 5.97. The highest BCUT2D eigenvalue weighted by molar-refractivity contribution is 5.77. The summed E-state index contributed by atoms with van der Waals surface area (Å²) in [6.45, 7) is 4.46. The van der Waals surface area contributed by atoms with Crippen LogP contribution in [0.5, 0.6) is 0 Å². The molecule has 0 saturated carbocycles. The van der Waals surface area contributed by atoms with Crippen molar-refractivity contribution < 1.29 is 4.79 Å². The highest BCUT2D eigenvalue weighted by Crippen LogP contribution is 2.27. The van der Waals surface area contributed by atoms with E-state index in [9.17, 15) is 4.79 Å². The Morgan fingerprint density at radius 2 is 1.34 bits per heavy atom. The number of benzene rings is 2. The molecular formula is C26H36N2O. The van der Waals surface area contributed by atoms with Gasteiger partial charge in [0.15, 0.2) is 0 Å². The maximum atomic E-state index is 12.6. The van der Waals surface area contributed by atoms with Crippen LogP contribution in [0.25, 0.3) is 0 Å². The molecule has 1 aliphatic rings. The number of carbonyl (C=O) groups excluding carboxylic acids is 1. The van der Waals surface area contributed by atoms with E-state index < -0.39 is 0 Å². The summed E-state index contributed by atoms with van der Waals surface area (Å²) in [5.41, 5.74) is 2.40. The highest BCUT2D eigenvalue weighted by atomic mass is 16.1. The van der Waals surface area contributed by atoms with E-state index >= 15 is 0 Å². The van der Waals surface area contributed by atoms with E-state index in [2.05, 4.69) is 34.5 Å². The minimum absolute atomic E-state index is 0.110. The number of carbonyl (C=O) groups is 1. The molecule has 3 nitrogen and oxygen atoms in total. The van der Waals surface area contributed by atoms with E-state index in [0.29, 0.717) is 6.42 Å². The summed E-state index contributed by atoms with van der Waals surface area (Å²) in [5, 5.41) is 3.16. The Bertz CT molecular complexity index is 654. The number of hydrogen-bond acceptors (Lipinski definition) is 2. The van der Waals surface area contributed by atoms with Gasteiger partial charge in [0.25, 0.3) is 0 Å². The predicted octanol–water partition coefficient (Wildman–Crippen LogP) is 5.37. The zero-order valence-electron chi connectivity index (χ0n) is 17.7. The number of hydrogen-bond donors (Lipinski definition) is 1. The maximum absolute atomic E-state index is 12.6. The number of unbranched alkanes of at least 4 members (excludes halogenated alkanes) is 1. The van der Waals surface area contributed by atoms with Crippen molar-refractivity contribution in [1.82, 2.24) is 10.2 Å². The van der Waals surface area contributed by atoms with Gasteiger partial charge in [-0.05, 0) is 56.4 Å². The van der Waals surface area contributed by atoms with Crippen LogP contribution in [0.1, 0.15) is 68.4 Å². The van der Waals surface area contributed by atoms with Crippen LogP contribution < -0.4 is 5.32 Å². The third kappa shape index (κ3) is 7.66. The third-order valence-electron chi connectivity index (χ3n) is 5.97. The summed E-state index contributed by atoms with van der Waals surface area (Å²) in [6, 6.07) is 20.7. The number of likely N-dealkylation sites (tertiary alicyclic amines) is 1. The molecule has 2 aromatic carbocycles. The zero-order chi connectivity index (χ0) is 20.2. The fourth-order valence-corrected chi connectivity index (χ4v) is 4.28. The number of nitrogens with one attached hydrogen (secondary N) is 1. The smallest absolute Gasteiger partial charge is 0.220 e. The van der Waals surface area contributed by atoms with Crippen molar-refractivity contribution in [3.05, 3.63) is 71.8 Å². The second kappa shape index (κ2) is 12.4. The first kappa shape index (κ1) is 21.6. The van der Waals surface area contributed by atoms with E-state index in [1.54, 1.807) is 0 Å². The molecule has 3 heteroatoms. The first-order valence-electron chi connectivity index (χ1n) is 11.4. The van der Waals surface area contributed by atoms with Crippen molar-refractivity contribution in [2.45, 2.75) is 57.3 Å². The quantitative estimate of drug-likeness (QED) is 0.582. The van der Waals surface area contributed by atoms with Crippen LogP contribution in [0.3, 0.4) is 0 Å². The van der Waals surface area contributed by atoms with Gasteiger partial charge in [-0.25, -0.2) is 0 Å². The lowest BCUT2D eigenvalue weighted by atomic mass is 9.88. The van der Waals surface area contributed by atoms with Crippen LogP contribution in [0.15, 0.2) is 60.7 Å². The Morgan fingerprint density at radius 1 is 0.793 bits per heavy atom. The molecule has 3 rings (SSSR count). The summed E-state index contributed by atoms with van der Waals surface area (Å²) in [6.07, 6.45) is 9.60. The van der Waals surface area contributed by atoms with Crippen LogP contribution in [0.2, 0.25) is 0 Å². The van der Waals surface area contributed by atoms with Crippen LogP contribution in [-0.4, -0.2) is 37.0 Å². The molecular weight excluding hydrogens is 356 g/mol. The fourth-order valence-electron chi connectivity index (χ4n) is 4.28. The van der Waals surface area contributed by atoms with E-state index in [-0.39, 0.29) is 11.8 Å². The number of amides is 1.